The first kappa shape index (κ1) is 17.2. The van der Waals surface area contributed by atoms with Gasteiger partial charge in [-0.2, -0.15) is 0 Å². The molecule has 2 heterocycles. The Kier molecular flexibility index (Phi) is 4.49. The molecule has 2 aliphatic heterocycles. The van der Waals surface area contributed by atoms with E-state index in [1.807, 2.05) is 25.1 Å². The highest BCUT2D eigenvalue weighted by Gasteiger charge is 2.20. The van der Waals surface area contributed by atoms with E-state index in [9.17, 15) is 4.79 Å². The van der Waals surface area contributed by atoms with Gasteiger partial charge in [-0.15, -0.1) is 0 Å². The van der Waals surface area contributed by atoms with Gasteiger partial charge in [0.2, 0.25) is 5.91 Å². The second-order valence-corrected chi connectivity index (χ2v) is 7.45. The minimum atomic E-state index is 0.0457. The maximum Gasteiger partial charge on any atom is 0.247 e. The molecule has 4 rings (SSSR count). The number of amides is 1. The van der Waals surface area contributed by atoms with E-state index in [1.54, 1.807) is 0 Å². The number of hydrogen-bond acceptors (Lipinski definition) is 2. The summed E-state index contributed by atoms with van der Waals surface area (Å²) < 4.78 is 5.62. The molecule has 0 aromatic heterocycles. The van der Waals surface area contributed by atoms with Crippen LogP contribution < -0.4 is 10.1 Å². The van der Waals surface area contributed by atoms with E-state index in [-0.39, 0.29) is 5.91 Å². The second-order valence-electron chi connectivity index (χ2n) is 7.01. The SMILES string of the molecule is C/C(=C1/CCCNC1=O)c1cc(Cl)cc(-c2ccc3c(c2)CCO3)c1C. The maximum absolute atomic E-state index is 12.3. The number of carbonyl (C=O) groups excluding carboxylic acids is 1. The van der Waals surface area contributed by atoms with Crippen LogP contribution in [0.1, 0.15) is 36.5 Å². The molecule has 1 N–H and O–H groups in total. The van der Waals surface area contributed by atoms with Gasteiger partial charge < -0.3 is 10.1 Å². The van der Waals surface area contributed by atoms with Crippen LogP contribution in [0.5, 0.6) is 5.75 Å². The molecule has 1 fully saturated rings. The van der Waals surface area contributed by atoms with Crippen LogP contribution in [0.2, 0.25) is 5.02 Å². The van der Waals surface area contributed by atoms with Gasteiger partial charge in [-0.1, -0.05) is 17.7 Å². The Morgan fingerprint density at radius 3 is 2.85 bits per heavy atom. The van der Waals surface area contributed by atoms with Gasteiger partial charge in [0.05, 0.1) is 6.61 Å². The van der Waals surface area contributed by atoms with Gasteiger partial charge in [0.25, 0.3) is 0 Å². The van der Waals surface area contributed by atoms with Crippen LogP contribution in [0.15, 0.2) is 35.9 Å². The highest BCUT2D eigenvalue weighted by Crippen LogP contribution is 2.37. The Bertz CT molecular complexity index is 930. The van der Waals surface area contributed by atoms with E-state index in [0.717, 1.165) is 71.6 Å². The first-order valence-electron chi connectivity index (χ1n) is 9.09. The minimum Gasteiger partial charge on any atom is -0.493 e. The summed E-state index contributed by atoms with van der Waals surface area (Å²) >= 11 is 6.46. The molecule has 3 nitrogen and oxygen atoms in total. The lowest BCUT2D eigenvalue weighted by atomic mass is 9.88. The number of rotatable bonds is 2. The number of carbonyl (C=O) groups is 1. The van der Waals surface area contributed by atoms with E-state index < -0.39 is 0 Å². The number of piperidine rings is 1. The van der Waals surface area contributed by atoms with E-state index in [4.69, 9.17) is 16.3 Å². The molecule has 2 aromatic rings. The summed E-state index contributed by atoms with van der Waals surface area (Å²) in [5.74, 6) is 1.02. The van der Waals surface area contributed by atoms with Crippen LogP contribution in [0, 0.1) is 6.92 Å². The van der Waals surface area contributed by atoms with Gasteiger partial charge >= 0.3 is 0 Å². The van der Waals surface area contributed by atoms with Crippen LogP contribution in [-0.2, 0) is 11.2 Å². The predicted octanol–water partition coefficient (Wildman–Crippen LogP) is 4.93. The molecular formula is C22H22ClNO2. The molecule has 0 unspecified atom stereocenters. The maximum atomic E-state index is 12.3. The van der Waals surface area contributed by atoms with Crippen molar-refractivity contribution in [3.05, 3.63) is 57.6 Å². The smallest absolute Gasteiger partial charge is 0.247 e. The van der Waals surface area contributed by atoms with Gasteiger partial charge in [0.1, 0.15) is 5.75 Å². The quantitative estimate of drug-likeness (QED) is 0.764. The third-order valence-corrected chi connectivity index (χ3v) is 5.61. The number of allylic oxidation sites excluding steroid dienone is 1. The van der Waals surface area contributed by atoms with Crippen molar-refractivity contribution in [2.45, 2.75) is 33.1 Å². The van der Waals surface area contributed by atoms with Crippen LogP contribution in [-0.4, -0.2) is 19.1 Å². The van der Waals surface area contributed by atoms with Crippen molar-refractivity contribution >= 4 is 23.1 Å². The van der Waals surface area contributed by atoms with Gasteiger partial charge in [-0.3, -0.25) is 4.79 Å². The molecule has 134 valence electrons. The van der Waals surface area contributed by atoms with E-state index in [1.165, 1.54) is 5.56 Å². The third kappa shape index (κ3) is 3.01. The summed E-state index contributed by atoms with van der Waals surface area (Å²) in [6.45, 7) is 5.64. The molecule has 2 aromatic carbocycles. The zero-order chi connectivity index (χ0) is 18.3. The Morgan fingerprint density at radius 2 is 2.04 bits per heavy atom. The van der Waals surface area contributed by atoms with Crippen molar-refractivity contribution < 1.29 is 9.53 Å². The highest BCUT2D eigenvalue weighted by atomic mass is 35.5. The van der Waals surface area contributed by atoms with E-state index in [0.29, 0.717) is 5.02 Å². The molecule has 0 spiro atoms. The largest absolute Gasteiger partial charge is 0.493 e. The lowest BCUT2D eigenvalue weighted by molar-refractivity contribution is -0.118. The molecule has 0 aliphatic carbocycles. The number of hydrogen-bond donors (Lipinski definition) is 1. The number of fused-ring (bicyclic) bond motifs is 1. The molecule has 1 saturated heterocycles. The summed E-state index contributed by atoms with van der Waals surface area (Å²) in [7, 11) is 0. The summed E-state index contributed by atoms with van der Waals surface area (Å²) in [5, 5.41) is 3.64. The fourth-order valence-corrected chi connectivity index (χ4v) is 4.15. The van der Waals surface area contributed by atoms with Crippen LogP contribution >= 0.6 is 11.6 Å². The van der Waals surface area contributed by atoms with Crippen molar-refractivity contribution in [2.24, 2.45) is 0 Å². The molecular weight excluding hydrogens is 346 g/mol. The minimum absolute atomic E-state index is 0.0457. The average molecular weight is 368 g/mol. The lowest BCUT2D eigenvalue weighted by Gasteiger charge is -2.20. The highest BCUT2D eigenvalue weighted by molar-refractivity contribution is 6.31. The molecule has 0 radical (unpaired) electrons. The Morgan fingerprint density at radius 1 is 1.19 bits per heavy atom. The molecule has 4 heteroatoms. The molecule has 26 heavy (non-hydrogen) atoms. The number of ether oxygens (including phenoxy) is 1. The normalized spacial score (nSPS) is 18.2. The summed E-state index contributed by atoms with van der Waals surface area (Å²) in [6.07, 6.45) is 2.74. The Labute approximate surface area is 159 Å². The zero-order valence-electron chi connectivity index (χ0n) is 15.1. The van der Waals surface area contributed by atoms with Crippen molar-refractivity contribution in [3.8, 4) is 16.9 Å². The fraction of sp³-hybridized carbons (Fsp3) is 0.318. The van der Waals surface area contributed by atoms with Gasteiger partial charge in [-0.05, 0) is 84.3 Å². The number of halogens is 1. The fourth-order valence-electron chi connectivity index (χ4n) is 3.93. The van der Waals surface area contributed by atoms with Crippen molar-refractivity contribution in [1.29, 1.82) is 0 Å². The lowest BCUT2D eigenvalue weighted by Crippen LogP contribution is -2.31. The van der Waals surface area contributed by atoms with Gasteiger partial charge in [0, 0.05) is 23.6 Å². The standard InChI is InChI=1S/C22H22ClNO2/c1-13(18-4-3-8-24-22(18)25)19-11-17(23)12-20(14(19)2)15-5-6-21-16(10-15)7-9-26-21/h5-6,10-12H,3-4,7-9H2,1-2H3,(H,24,25)/b18-13+. The predicted molar refractivity (Wildman–Crippen MR) is 106 cm³/mol. The second kappa shape index (κ2) is 6.81. The number of nitrogens with one attached hydrogen (secondary N) is 1. The van der Waals surface area contributed by atoms with Crippen LogP contribution in [0.4, 0.5) is 0 Å². The van der Waals surface area contributed by atoms with Crippen molar-refractivity contribution in [1.82, 2.24) is 5.32 Å². The molecule has 0 bridgehead atoms. The van der Waals surface area contributed by atoms with Crippen molar-refractivity contribution in [3.63, 3.8) is 0 Å². The number of benzene rings is 2. The van der Waals surface area contributed by atoms with Crippen LogP contribution in [0.25, 0.3) is 16.7 Å². The van der Waals surface area contributed by atoms with Gasteiger partial charge in [0.15, 0.2) is 0 Å². The Hall–Kier alpha value is -2.26. The molecule has 0 saturated carbocycles. The molecule has 0 atom stereocenters. The Balaban J connectivity index is 1.83. The first-order valence-corrected chi connectivity index (χ1v) is 9.47. The summed E-state index contributed by atoms with van der Waals surface area (Å²) in [5.41, 5.74) is 7.58. The molecule has 1 amide bonds. The summed E-state index contributed by atoms with van der Waals surface area (Å²) in [4.78, 5) is 12.3. The van der Waals surface area contributed by atoms with Crippen molar-refractivity contribution in [2.75, 3.05) is 13.2 Å². The zero-order valence-corrected chi connectivity index (χ0v) is 15.9. The van der Waals surface area contributed by atoms with E-state index >= 15 is 0 Å². The average Bonchev–Trinajstić information content (AvgIpc) is 3.11. The monoisotopic (exact) mass is 367 g/mol. The third-order valence-electron chi connectivity index (χ3n) is 5.39. The van der Waals surface area contributed by atoms with E-state index in [2.05, 4.69) is 24.4 Å². The summed E-state index contributed by atoms with van der Waals surface area (Å²) in [6, 6.07) is 10.3. The van der Waals surface area contributed by atoms with Gasteiger partial charge in [-0.25, -0.2) is 0 Å². The van der Waals surface area contributed by atoms with Crippen LogP contribution in [0.3, 0.4) is 0 Å². The topological polar surface area (TPSA) is 38.3 Å². The first-order chi connectivity index (χ1) is 12.5. The molecule has 2 aliphatic rings.